The summed E-state index contributed by atoms with van der Waals surface area (Å²) in [6, 6.07) is 25.8. The van der Waals surface area contributed by atoms with E-state index >= 15 is 4.79 Å². The first-order chi connectivity index (χ1) is 24.1. The van der Waals surface area contributed by atoms with Crippen LogP contribution in [0.2, 0.25) is 5.02 Å². The number of nitrogens with one attached hydrogen (secondary N) is 1. The number of hydrogen-bond donors (Lipinski definition) is 2. The van der Waals surface area contributed by atoms with E-state index in [1.54, 1.807) is 66.7 Å². The first-order valence-electron chi connectivity index (χ1n) is 16.4. The molecular formula is C40H31ClFN3O5. The summed E-state index contributed by atoms with van der Waals surface area (Å²) in [5, 5.41) is 11.7. The fourth-order valence-corrected chi connectivity index (χ4v) is 8.84. The van der Waals surface area contributed by atoms with E-state index in [1.165, 1.54) is 41.3 Å². The van der Waals surface area contributed by atoms with Crippen LogP contribution in [-0.4, -0.2) is 33.7 Å². The number of hydrazine groups is 1. The van der Waals surface area contributed by atoms with Crippen LogP contribution in [0.25, 0.3) is 6.08 Å². The lowest BCUT2D eigenvalue weighted by Crippen LogP contribution is -2.53. The van der Waals surface area contributed by atoms with E-state index in [1.807, 2.05) is 6.08 Å². The number of benzene rings is 4. The van der Waals surface area contributed by atoms with Gasteiger partial charge in [0.2, 0.25) is 11.8 Å². The smallest absolute Gasteiger partial charge is 0.260 e. The summed E-state index contributed by atoms with van der Waals surface area (Å²) in [6.07, 6.45) is 4.05. The zero-order chi connectivity index (χ0) is 34.9. The molecule has 4 amide bonds. The molecule has 2 N–H and O–H groups in total. The van der Waals surface area contributed by atoms with Crippen molar-refractivity contribution >= 4 is 52.7 Å². The maximum atomic E-state index is 15.1. The van der Waals surface area contributed by atoms with Gasteiger partial charge < -0.3 is 5.11 Å². The van der Waals surface area contributed by atoms with Gasteiger partial charge in [0, 0.05) is 10.9 Å². The molecule has 0 aromatic heterocycles. The highest BCUT2D eigenvalue weighted by Gasteiger charge is 2.70. The van der Waals surface area contributed by atoms with Crippen molar-refractivity contribution in [2.45, 2.75) is 24.2 Å². The van der Waals surface area contributed by atoms with Gasteiger partial charge in [0.15, 0.2) is 0 Å². The van der Waals surface area contributed by atoms with Crippen LogP contribution in [0.1, 0.15) is 35.4 Å². The Labute approximate surface area is 292 Å². The van der Waals surface area contributed by atoms with Crippen LogP contribution in [0.5, 0.6) is 5.75 Å². The Morgan fingerprint density at radius 3 is 2.18 bits per heavy atom. The van der Waals surface area contributed by atoms with Gasteiger partial charge in [0.05, 0.1) is 34.5 Å². The molecule has 4 aromatic rings. The van der Waals surface area contributed by atoms with Gasteiger partial charge in [-0.1, -0.05) is 72.3 Å². The minimum Gasteiger partial charge on any atom is -0.508 e. The maximum Gasteiger partial charge on any atom is 0.260 e. The molecule has 8 nitrogen and oxygen atoms in total. The van der Waals surface area contributed by atoms with E-state index in [-0.39, 0.29) is 30.4 Å². The summed E-state index contributed by atoms with van der Waals surface area (Å²) in [5.74, 6) is -5.78. The highest BCUT2D eigenvalue weighted by Crippen LogP contribution is 2.64. The molecule has 250 valence electrons. The zero-order valence-corrected chi connectivity index (χ0v) is 27.4. The van der Waals surface area contributed by atoms with E-state index in [2.05, 4.69) is 12.0 Å². The predicted octanol–water partition coefficient (Wildman–Crippen LogP) is 7.02. The number of halogens is 2. The summed E-state index contributed by atoms with van der Waals surface area (Å²) in [7, 11) is 0. The number of fused-ring (bicyclic) bond motifs is 4. The van der Waals surface area contributed by atoms with Gasteiger partial charge >= 0.3 is 0 Å². The Bertz CT molecular complexity index is 2100. The largest absolute Gasteiger partial charge is 0.508 e. The van der Waals surface area contributed by atoms with E-state index < -0.39 is 52.6 Å². The third-order valence-electron chi connectivity index (χ3n) is 10.9. The molecule has 2 aliphatic carbocycles. The van der Waals surface area contributed by atoms with Gasteiger partial charge in [-0.25, -0.2) is 4.39 Å². The molecule has 2 aliphatic heterocycles. The number of carbonyl (C=O) groups is 4. The molecule has 2 heterocycles. The molecule has 0 bridgehead atoms. The van der Waals surface area contributed by atoms with Gasteiger partial charge in [0.1, 0.15) is 11.6 Å². The van der Waals surface area contributed by atoms with Crippen LogP contribution in [0.3, 0.4) is 0 Å². The number of phenols is 1. The molecule has 10 heteroatoms. The molecule has 0 spiro atoms. The highest BCUT2D eigenvalue weighted by atomic mass is 35.5. The number of amides is 4. The van der Waals surface area contributed by atoms with Crippen LogP contribution in [-0.2, 0) is 24.6 Å². The molecule has 50 heavy (non-hydrogen) atoms. The number of allylic oxidation sites excluding steroid dienone is 2. The molecule has 1 saturated carbocycles. The monoisotopic (exact) mass is 687 g/mol. The van der Waals surface area contributed by atoms with Crippen LogP contribution >= 0.6 is 11.6 Å². The zero-order valence-electron chi connectivity index (χ0n) is 26.6. The van der Waals surface area contributed by atoms with Crippen LogP contribution in [0.15, 0.2) is 115 Å². The Kier molecular flexibility index (Phi) is 7.49. The molecule has 8 rings (SSSR count). The van der Waals surface area contributed by atoms with Gasteiger partial charge in [-0.15, -0.1) is 0 Å². The summed E-state index contributed by atoms with van der Waals surface area (Å²) >= 11 is 6.33. The van der Waals surface area contributed by atoms with Crippen molar-refractivity contribution in [1.82, 2.24) is 5.01 Å². The van der Waals surface area contributed by atoms with Crippen molar-refractivity contribution in [1.29, 1.82) is 0 Å². The number of phenolic OH excluding ortho intramolecular Hbond substituents is 1. The lowest BCUT2D eigenvalue weighted by molar-refractivity contribution is -0.138. The molecule has 3 fully saturated rings. The lowest BCUT2D eigenvalue weighted by atomic mass is 9.49. The van der Waals surface area contributed by atoms with Gasteiger partial charge in [-0.05, 0) is 96.1 Å². The van der Waals surface area contributed by atoms with Crippen molar-refractivity contribution < 1.29 is 28.7 Å². The second-order valence-corrected chi connectivity index (χ2v) is 13.7. The summed E-state index contributed by atoms with van der Waals surface area (Å²) in [6.45, 7) is 3.78. The predicted molar refractivity (Wildman–Crippen MR) is 186 cm³/mol. The number of rotatable bonds is 6. The van der Waals surface area contributed by atoms with E-state index in [0.717, 1.165) is 16.1 Å². The van der Waals surface area contributed by atoms with E-state index in [4.69, 9.17) is 11.6 Å². The Morgan fingerprint density at radius 1 is 0.840 bits per heavy atom. The summed E-state index contributed by atoms with van der Waals surface area (Å²) in [4.78, 5) is 59.4. The molecule has 2 saturated heterocycles. The third-order valence-corrected chi connectivity index (χ3v) is 11.1. The third kappa shape index (κ3) is 4.64. The fourth-order valence-electron chi connectivity index (χ4n) is 8.71. The van der Waals surface area contributed by atoms with Crippen LogP contribution in [0, 0.1) is 29.5 Å². The molecular weight excluding hydrogens is 657 g/mol. The van der Waals surface area contributed by atoms with Gasteiger partial charge in [-0.3, -0.25) is 29.5 Å². The first-order valence-corrected chi connectivity index (χ1v) is 16.8. The van der Waals surface area contributed by atoms with Gasteiger partial charge in [0.25, 0.3) is 11.8 Å². The van der Waals surface area contributed by atoms with Crippen molar-refractivity contribution in [2.75, 3.05) is 10.3 Å². The number of hydrogen-bond acceptors (Lipinski definition) is 6. The Balaban J connectivity index is 1.30. The molecule has 4 aromatic carbocycles. The number of nitrogens with zero attached hydrogens (tertiary/aromatic N) is 2. The highest BCUT2D eigenvalue weighted by molar-refractivity contribution is 6.30. The number of carbonyl (C=O) groups excluding carboxylic acids is 4. The summed E-state index contributed by atoms with van der Waals surface area (Å²) in [5.41, 5.74) is 5.11. The second-order valence-electron chi connectivity index (χ2n) is 13.3. The quantitative estimate of drug-likeness (QED) is 0.167. The summed E-state index contributed by atoms with van der Waals surface area (Å²) < 4.78 is 13.8. The maximum absolute atomic E-state index is 15.1. The van der Waals surface area contributed by atoms with Crippen molar-refractivity contribution in [3.05, 3.63) is 143 Å². The molecule has 4 aliphatic rings. The normalized spacial score (nSPS) is 27.1. The van der Waals surface area contributed by atoms with Gasteiger partial charge in [-0.2, -0.15) is 5.01 Å². The van der Waals surface area contributed by atoms with Crippen molar-refractivity contribution in [3.63, 3.8) is 0 Å². The molecule has 6 atom stereocenters. The lowest BCUT2D eigenvalue weighted by Gasteiger charge is -2.50. The fraction of sp³-hybridized carbons (Fsp3) is 0.200. The van der Waals surface area contributed by atoms with Crippen molar-refractivity contribution in [2.24, 2.45) is 23.7 Å². The Morgan fingerprint density at radius 2 is 1.52 bits per heavy atom. The standard InChI is InChI=1S/C40H31ClFN3O5/c1-2-22-3-15-28(16-4-22)44-36(47)31-20-19-30-32(34(31)38(44)49)21-33-37(48)45(43-27-13-11-26(42)12-14-27)39(50)40(33,24-7-9-25(41)10-8-24)35(30)23-5-17-29(46)18-6-23/h2-19,31-35,43,46H,1,20-21H2. The van der Waals surface area contributed by atoms with E-state index in [0.29, 0.717) is 27.5 Å². The van der Waals surface area contributed by atoms with Crippen molar-refractivity contribution in [3.8, 4) is 5.75 Å². The van der Waals surface area contributed by atoms with E-state index in [9.17, 15) is 23.9 Å². The number of imide groups is 2. The van der Waals surface area contributed by atoms with Crippen LogP contribution < -0.4 is 10.3 Å². The average Bonchev–Trinajstić information content (AvgIpc) is 3.50. The molecule has 0 radical (unpaired) electrons. The second kappa shape index (κ2) is 11.8. The van der Waals surface area contributed by atoms with Crippen LogP contribution in [0.4, 0.5) is 15.8 Å². The first kappa shape index (κ1) is 31.7. The molecule has 6 unspecified atom stereocenters. The topological polar surface area (TPSA) is 107 Å². The SMILES string of the molecule is C=Cc1ccc(N2C(=O)C3CC=C4C(CC5C(=O)N(Nc6ccc(F)cc6)C(=O)C5(c5ccc(Cl)cc5)C4c4ccc(O)cc4)C3C2=O)cc1. The average molecular weight is 688 g/mol. The minimum absolute atomic E-state index is 0.0269. The Hall–Kier alpha value is -5.54. The minimum atomic E-state index is -1.49. The number of aromatic hydroxyl groups is 1. The number of anilines is 2.